The molecule has 0 saturated heterocycles. The lowest BCUT2D eigenvalue weighted by Crippen LogP contribution is -2.17. The Labute approximate surface area is 113 Å². The van der Waals surface area contributed by atoms with Crippen molar-refractivity contribution < 1.29 is 4.39 Å². The lowest BCUT2D eigenvalue weighted by Gasteiger charge is -2.08. The van der Waals surface area contributed by atoms with Crippen LogP contribution in [0.3, 0.4) is 0 Å². The largest absolute Gasteiger partial charge is 0.311 e. The number of aromatic nitrogens is 3. The van der Waals surface area contributed by atoms with Crippen molar-refractivity contribution in [1.82, 2.24) is 20.3 Å². The fourth-order valence-electron chi connectivity index (χ4n) is 1.62. The Morgan fingerprint density at radius 2 is 2.28 bits per heavy atom. The van der Waals surface area contributed by atoms with Crippen LogP contribution in [0.2, 0.25) is 0 Å². The lowest BCUT2D eigenvalue weighted by atomic mass is 10.3. The summed E-state index contributed by atoms with van der Waals surface area (Å²) in [6.45, 7) is 3.62. The summed E-state index contributed by atoms with van der Waals surface area (Å²) in [5.41, 5.74) is 1.23. The summed E-state index contributed by atoms with van der Waals surface area (Å²) in [6.07, 6.45) is 2.69. The maximum atomic E-state index is 13.8. The van der Waals surface area contributed by atoms with Gasteiger partial charge in [0.2, 0.25) is 0 Å². The van der Waals surface area contributed by atoms with Crippen LogP contribution in [-0.4, -0.2) is 21.5 Å². The third-order valence-corrected chi connectivity index (χ3v) is 2.98. The second-order valence-electron chi connectivity index (χ2n) is 3.91. The molecule has 0 fully saturated rings. The van der Waals surface area contributed by atoms with Gasteiger partial charge in [0.1, 0.15) is 11.5 Å². The van der Waals surface area contributed by atoms with Crippen LogP contribution in [0, 0.1) is 5.82 Å². The monoisotopic (exact) mass is 312 g/mol. The normalized spacial score (nSPS) is 10.8. The highest BCUT2D eigenvalue weighted by Crippen LogP contribution is 2.19. The number of hydrogen-bond acceptors (Lipinski definition) is 3. The van der Waals surface area contributed by atoms with Crippen molar-refractivity contribution in [3.8, 4) is 5.69 Å². The number of nitrogens with one attached hydrogen (secondary N) is 1. The average Bonchev–Trinajstić information content (AvgIpc) is 2.81. The Hall–Kier alpha value is -1.27. The van der Waals surface area contributed by atoms with E-state index in [-0.39, 0.29) is 5.82 Å². The van der Waals surface area contributed by atoms with E-state index in [0.717, 1.165) is 23.1 Å². The smallest absolute Gasteiger partial charge is 0.149 e. The Kier molecular flexibility index (Phi) is 4.43. The molecule has 1 aromatic heterocycles. The highest BCUT2D eigenvalue weighted by Gasteiger charge is 2.10. The van der Waals surface area contributed by atoms with Crippen molar-refractivity contribution in [2.24, 2.45) is 0 Å². The van der Waals surface area contributed by atoms with Crippen LogP contribution in [0.1, 0.15) is 19.0 Å². The zero-order valence-electron chi connectivity index (χ0n) is 10.0. The maximum Gasteiger partial charge on any atom is 0.149 e. The third-order valence-electron chi connectivity index (χ3n) is 2.49. The summed E-state index contributed by atoms with van der Waals surface area (Å²) >= 11 is 3.33. The maximum absolute atomic E-state index is 13.8. The first-order chi connectivity index (χ1) is 8.72. The van der Waals surface area contributed by atoms with Crippen molar-refractivity contribution >= 4 is 15.9 Å². The summed E-state index contributed by atoms with van der Waals surface area (Å²) in [6, 6.07) is 4.75. The summed E-state index contributed by atoms with van der Waals surface area (Å²) < 4.78 is 16.1. The Balaban J connectivity index is 2.27. The molecule has 0 saturated carbocycles. The summed E-state index contributed by atoms with van der Waals surface area (Å²) in [5.74, 6) is -0.319. The van der Waals surface area contributed by atoms with Crippen LogP contribution in [0.5, 0.6) is 0 Å². The van der Waals surface area contributed by atoms with Crippen molar-refractivity contribution in [2.75, 3.05) is 6.54 Å². The molecule has 0 radical (unpaired) electrons. The van der Waals surface area contributed by atoms with E-state index in [1.165, 1.54) is 10.7 Å². The van der Waals surface area contributed by atoms with E-state index in [1.54, 1.807) is 18.3 Å². The number of hydrogen-bond donors (Lipinski definition) is 1. The Morgan fingerprint density at radius 3 is 3.06 bits per heavy atom. The van der Waals surface area contributed by atoms with Crippen LogP contribution < -0.4 is 5.32 Å². The lowest BCUT2D eigenvalue weighted by molar-refractivity contribution is 0.591. The molecule has 0 aliphatic carbocycles. The first-order valence-corrected chi connectivity index (χ1v) is 6.57. The minimum atomic E-state index is -0.319. The fraction of sp³-hybridized carbons (Fsp3) is 0.333. The molecule has 1 aromatic carbocycles. The minimum Gasteiger partial charge on any atom is -0.311 e. The number of benzene rings is 1. The molecular weight excluding hydrogens is 299 g/mol. The first kappa shape index (κ1) is 13.2. The number of rotatable bonds is 5. The fourth-order valence-corrected chi connectivity index (χ4v) is 1.97. The highest BCUT2D eigenvalue weighted by molar-refractivity contribution is 9.10. The summed E-state index contributed by atoms with van der Waals surface area (Å²) in [7, 11) is 0. The second kappa shape index (κ2) is 6.06. The molecule has 0 spiro atoms. The average molecular weight is 313 g/mol. The van der Waals surface area contributed by atoms with Gasteiger partial charge in [-0.25, -0.2) is 9.07 Å². The Morgan fingerprint density at radius 1 is 1.44 bits per heavy atom. The zero-order valence-corrected chi connectivity index (χ0v) is 11.6. The van der Waals surface area contributed by atoms with Gasteiger partial charge in [0.15, 0.2) is 0 Å². The SMILES string of the molecule is CCCNCc1cnnn1-c1cc(Br)ccc1F. The van der Waals surface area contributed by atoms with Gasteiger partial charge in [-0.15, -0.1) is 5.10 Å². The van der Waals surface area contributed by atoms with Gasteiger partial charge < -0.3 is 5.32 Å². The van der Waals surface area contributed by atoms with E-state index in [4.69, 9.17) is 0 Å². The van der Waals surface area contributed by atoms with Gasteiger partial charge >= 0.3 is 0 Å². The van der Waals surface area contributed by atoms with E-state index >= 15 is 0 Å². The Bertz CT molecular complexity index is 527. The van der Waals surface area contributed by atoms with E-state index in [2.05, 4.69) is 38.5 Å². The molecule has 0 amide bonds. The molecule has 4 nitrogen and oxygen atoms in total. The molecule has 2 rings (SSSR count). The molecule has 1 heterocycles. The molecule has 18 heavy (non-hydrogen) atoms. The van der Waals surface area contributed by atoms with Crippen LogP contribution in [-0.2, 0) is 6.54 Å². The van der Waals surface area contributed by atoms with Gasteiger partial charge in [-0.2, -0.15) is 0 Å². The topological polar surface area (TPSA) is 42.7 Å². The van der Waals surface area contributed by atoms with Gasteiger partial charge in [-0.3, -0.25) is 0 Å². The second-order valence-corrected chi connectivity index (χ2v) is 4.83. The van der Waals surface area contributed by atoms with Gasteiger partial charge in [-0.05, 0) is 31.2 Å². The molecule has 6 heteroatoms. The zero-order chi connectivity index (χ0) is 13.0. The predicted octanol–water partition coefficient (Wildman–Crippen LogP) is 2.67. The van der Waals surface area contributed by atoms with Crippen molar-refractivity contribution in [2.45, 2.75) is 19.9 Å². The van der Waals surface area contributed by atoms with Gasteiger partial charge in [0.25, 0.3) is 0 Å². The molecule has 0 bridgehead atoms. The molecule has 1 N–H and O–H groups in total. The predicted molar refractivity (Wildman–Crippen MR) is 71.0 cm³/mol. The van der Waals surface area contributed by atoms with E-state index in [1.807, 2.05) is 0 Å². The van der Waals surface area contributed by atoms with Crippen LogP contribution in [0.4, 0.5) is 4.39 Å². The van der Waals surface area contributed by atoms with Crippen molar-refractivity contribution in [3.63, 3.8) is 0 Å². The molecular formula is C12H14BrFN4. The van der Waals surface area contributed by atoms with Gasteiger partial charge in [0.05, 0.1) is 11.9 Å². The molecule has 0 unspecified atom stereocenters. The van der Waals surface area contributed by atoms with Gasteiger partial charge in [-0.1, -0.05) is 28.1 Å². The van der Waals surface area contributed by atoms with E-state index in [0.29, 0.717) is 12.2 Å². The molecule has 96 valence electrons. The standard InChI is InChI=1S/C12H14BrFN4/c1-2-5-15-7-10-8-16-17-18(10)12-6-9(13)3-4-11(12)14/h3-4,6,8,15H,2,5,7H2,1H3. The molecule has 0 aliphatic rings. The summed E-state index contributed by atoms with van der Waals surface area (Å²) in [4.78, 5) is 0. The molecule has 0 atom stereocenters. The van der Waals surface area contributed by atoms with Crippen LogP contribution in [0.25, 0.3) is 5.69 Å². The third kappa shape index (κ3) is 2.94. The molecule has 0 aliphatic heterocycles. The van der Waals surface area contributed by atoms with E-state index in [9.17, 15) is 4.39 Å². The quantitative estimate of drug-likeness (QED) is 0.863. The minimum absolute atomic E-state index is 0.319. The number of nitrogens with zero attached hydrogens (tertiary/aromatic N) is 3. The van der Waals surface area contributed by atoms with Gasteiger partial charge in [0, 0.05) is 11.0 Å². The van der Waals surface area contributed by atoms with E-state index < -0.39 is 0 Å². The van der Waals surface area contributed by atoms with Crippen LogP contribution in [0.15, 0.2) is 28.9 Å². The highest BCUT2D eigenvalue weighted by atomic mass is 79.9. The molecule has 2 aromatic rings. The summed E-state index contributed by atoms with van der Waals surface area (Å²) in [5, 5.41) is 11.0. The first-order valence-electron chi connectivity index (χ1n) is 5.78. The van der Waals surface area contributed by atoms with Crippen molar-refractivity contribution in [3.05, 3.63) is 40.4 Å². The van der Waals surface area contributed by atoms with Crippen LogP contribution >= 0.6 is 15.9 Å². The van der Waals surface area contributed by atoms with Crippen molar-refractivity contribution in [1.29, 1.82) is 0 Å². The number of halogens is 2.